The van der Waals surface area contributed by atoms with Crippen molar-refractivity contribution in [1.29, 1.82) is 0 Å². The van der Waals surface area contributed by atoms with Gasteiger partial charge in [-0.25, -0.2) is 0 Å². The Hall–Kier alpha value is -1.06. The number of carboxylic acids is 1. The number of carbonyl (C=O) groups excluding carboxylic acids is 1. The highest BCUT2D eigenvalue weighted by Crippen LogP contribution is 2.40. The predicted molar refractivity (Wildman–Crippen MR) is 84.0 cm³/mol. The topological polar surface area (TPSA) is 66.4 Å². The summed E-state index contributed by atoms with van der Waals surface area (Å²) >= 11 is 0. The van der Waals surface area contributed by atoms with Gasteiger partial charge in [0.05, 0.1) is 6.42 Å². The normalized spacial score (nSPS) is 25.8. The minimum absolute atomic E-state index is 0.000350. The molecular formula is C17H31NO3. The van der Waals surface area contributed by atoms with Gasteiger partial charge in [-0.15, -0.1) is 0 Å². The van der Waals surface area contributed by atoms with E-state index in [2.05, 4.69) is 19.2 Å². The molecule has 0 heterocycles. The van der Waals surface area contributed by atoms with Crippen LogP contribution >= 0.6 is 0 Å². The number of hydrogen-bond donors (Lipinski definition) is 2. The van der Waals surface area contributed by atoms with Gasteiger partial charge in [-0.1, -0.05) is 40.0 Å². The van der Waals surface area contributed by atoms with Gasteiger partial charge in [0.2, 0.25) is 5.91 Å². The maximum atomic E-state index is 12.2. The Kier molecular flexibility index (Phi) is 7.20. The monoisotopic (exact) mass is 297 g/mol. The number of nitrogens with one attached hydrogen (secondary N) is 1. The smallest absolute Gasteiger partial charge is 0.305 e. The Balaban J connectivity index is 2.28. The van der Waals surface area contributed by atoms with Crippen molar-refractivity contribution in [3.05, 3.63) is 0 Å². The van der Waals surface area contributed by atoms with Gasteiger partial charge in [0.15, 0.2) is 0 Å². The Morgan fingerprint density at radius 3 is 2.43 bits per heavy atom. The molecule has 0 aromatic heterocycles. The van der Waals surface area contributed by atoms with Gasteiger partial charge in [0.1, 0.15) is 0 Å². The Bertz CT molecular complexity index is 344. The lowest BCUT2D eigenvalue weighted by Gasteiger charge is -2.36. The van der Waals surface area contributed by atoms with Crippen molar-refractivity contribution in [3.8, 4) is 0 Å². The van der Waals surface area contributed by atoms with Crippen molar-refractivity contribution in [2.75, 3.05) is 6.54 Å². The summed E-state index contributed by atoms with van der Waals surface area (Å²) in [4.78, 5) is 22.7. The van der Waals surface area contributed by atoms with Crippen molar-refractivity contribution in [2.45, 2.75) is 72.1 Å². The summed E-state index contributed by atoms with van der Waals surface area (Å²) in [7, 11) is 0. The summed E-state index contributed by atoms with van der Waals surface area (Å²) in [6, 6.07) is 0. The molecule has 1 aliphatic carbocycles. The van der Waals surface area contributed by atoms with Crippen LogP contribution in [0.4, 0.5) is 0 Å². The van der Waals surface area contributed by atoms with E-state index in [1.165, 1.54) is 19.3 Å². The van der Waals surface area contributed by atoms with Gasteiger partial charge in [-0.3, -0.25) is 9.59 Å². The van der Waals surface area contributed by atoms with Crippen LogP contribution in [0.5, 0.6) is 0 Å². The molecule has 1 amide bonds. The molecule has 4 nitrogen and oxygen atoms in total. The van der Waals surface area contributed by atoms with E-state index in [-0.39, 0.29) is 24.3 Å². The zero-order valence-electron chi connectivity index (χ0n) is 13.8. The third-order valence-corrected chi connectivity index (χ3v) is 4.78. The number of carboxylic acid groups (broad SMARTS) is 1. The van der Waals surface area contributed by atoms with E-state index in [9.17, 15) is 9.59 Å². The fourth-order valence-electron chi connectivity index (χ4n) is 3.14. The second-order valence-electron chi connectivity index (χ2n) is 7.23. The lowest BCUT2D eigenvalue weighted by molar-refractivity contribution is -0.137. The summed E-state index contributed by atoms with van der Waals surface area (Å²) in [5, 5.41) is 11.4. The van der Waals surface area contributed by atoms with E-state index in [4.69, 9.17) is 5.11 Å². The number of rotatable bonds is 8. The molecule has 0 saturated heterocycles. The average Bonchev–Trinajstić information content (AvgIpc) is 2.40. The quantitative estimate of drug-likeness (QED) is 0.719. The van der Waals surface area contributed by atoms with Crippen molar-refractivity contribution >= 4 is 11.9 Å². The summed E-state index contributed by atoms with van der Waals surface area (Å²) in [6.07, 6.45) is 7.99. The third kappa shape index (κ3) is 6.49. The van der Waals surface area contributed by atoms with E-state index in [1.54, 1.807) is 0 Å². The number of hydrogen-bond acceptors (Lipinski definition) is 2. The zero-order chi connectivity index (χ0) is 15.9. The zero-order valence-corrected chi connectivity index (χ0v) is 13.8. The highest BCUT2D eigenvalue weighted by atomic mass is 16.4. The molecule has 0 aromatic rings. The largest absolute Gasteiger partial charge is 0.481 e. The molecular weight excluding hydrogens is 266 g/mol. The SMILES string of the molecule is CC(C)CCC[C@H]1CC[C@@](C)(C(=O)NCCC(=O)O)CC1. The first-order valence-corrected chi connectivity index (χ1v) is 8.33. The molecule has 1 aliphatic rings. The molecule has 122 valence electrons. The van der Waals surface area contributed by atoms with Crippen molar-refractivity contribution in [3.63, 3.8) is 0 Å². The molecule has 0 radical (unpaired) electrons. The second kappa shape index (κ2) is 8.40. The lowest BCUT2D eigenvalue weighted by Crippen LogP contribution is -2.42. The van der Waals surface area contributed by atoms with Gasteiger partial charge in [0.25, 0.3) is 0 Å². The van der Waals surface area contributed by atoms with Gasteiger partial charge in [-0.2, -0.15) is 0 Å². The van der Waals surface area contributed by atoms with Crippen LogP contribution in [0.2, 0.25) is 0 Å². The van der Waals surface area contributed by atoms with Crippen LogP contribution in [0, 0.1) is 17.3 Å². The van der Waals surface area contributed by atoms with Crippen molar-refractivity contribution in [1.82, 2.24) is 5.32 Å². The molecule has 1 fully saturated rings. The summed E-state index contributed by atoms with van der Waals surface area (Å²) in [5.41, 5.74) is -0.299. The van der Waals surface area contributed by atoms with E-state index >= 15 is 0 Å². The first-order valence-electron chi connectivity index (χ1n) is 8.33. The standard InChI is InChI=1S/C17H31NO3/c1-13(2)5-4-6-14-7-10-17(3,11-8-14)16(21)18-12-9-15(19)20/h13-14H,4-12H2,1-3H3,(H,18,21)(H,19,20)/t14-,17+. The second-order valence-corrected chi connectivity index (χ2v) is 7.23. The number of amides is 1. The minimum atomic E-state index is -0.866. The summed E-state index contributed by atoms with van der Waals surface area (Å²) in [5.74, 6) is 0.709. The van der Waals surface area contributed by atoms with Crippen molar-refractivity contribution < 1.29 is 14.7 Å². The number of aliphatic carboxylic acids is 1. The maximum absolute atomic E-state index is 12.2. The lowest BCUT2D eigenvalue weighted by atomic mass is 9.70. The van der Waals surface area contributed by atoms with Crippen LogP contribution in [0.15, 0.2) is 0 Å². The fourth-order valence-corrected chi connectivity index (χ4v) is 3.14. The summed E-state index contributed by atoms with van der Waals surface area (Å²) < 4.78 is 0. The van der Waals surface area contributed by atoms with E-state index < -0.39 is 5.97 Å². The van der Waals surface area contributed by atoms with Crippen LogP contribution < -0.4 is 5.32 Å². The van der Waals surface area contributed by atoms with Crippen molar-refractivity contribution in [2.24, 2.45) is 17.3 Å². The minimum Gasteiger partial charge on any atom is -0.481 e. The first-order chi connectivity index (χ1) is 9.83. The molecule has 4 heteroatoms. The van der Waals surface area contributed by atoms with Crippen LogP contribution in [0.1, 0.15) is 72.1 Å². The highest BCUT2D eigenvalue weighted by molar-refractivity contribution is 5.82. The first kappa shape index (κ1) is 18.0. The predicted octanol–water partition coefficient (Wildman–Crippen LogP) is 3.60. The highest BCUT2D eigenvalue weighted by Gasteiger charge is 2.37. The molecule has 0 spiro atoms. The molecule has 0 aromatic carbocycles. The molecule has 2 N–H and O–H groups in total. The maximum Gasteiger partial charge on any atom is 0.305 e. The van der Waals surface area contributed by atoms with E-state index in [0.717, 1.165) is 37.5 Å². The van der Waals surface area contributed by atoms with Crippen LogP contribution in [0.3, 0.4) is 0 Å². The molecule has 0 atom stereocenters. The Morgan fingerprint density at radius 1 is 1.29 bits per heavy atom. The molecule has 1 saturated carbocycles. The molecule has 0 unspecified atom stereocenters. The van der Waals surface area contributed by atoms with Gasteiger partial charge >= 0.3 is 5.97 Å². The van der Waals surface area contributed by atoms with E-state index in [1.807, 2.05) is 6.92 Å². The van der Waals surface area contributed by atoms with E-state index in [0.29, 0.717) is 0 Å². The van der Waals surface area contributed by atoms with Crippen LogP contribution in [0.25, 0.3) is 0 Å². The fraction of sp³-hybridized carbons (Fsp3) is 0.882. The Labute approximate surface area is 128 Å². The van der Waals surface area contributed by atoms with Crippen LogP contribution in [-0.4, -0.2) is 23.5 Å². The van der Waals surface area contributed by atoms with Gasteiger partial charge in [0, 0.05) is 12.0 Å². The molecule has 0 aliphatic heterocycles. The third-order valence-electron chi connectivity index (χ3n) is 4.78. The van der Waals surface area contributed by atoms with Gasteiger partial charge in [-0.05, 0) is 37.5 Å². The summed E-state index contributed by atoms with van der Waals surface area (Å²) in [6.45, 7) is 6.79. The molecule has 1 rings (SSSR count). The van der Waals surface area contributed by atoms with Crippen LogP contribution in [-0.2, 0) is 9.59 Å². The molecule has 0 bridgehead atoms. The molecule has 21 heavy (non-hydrogen) atoms. The number of carbonyl (C=O) groups is 2. The average molecular weight is 297 g/mol. The van der Waals surface area contributed by atoms with Gasteiger partial charge < -0.3 is 10.4 Å². The Morgan fingerprint density at radius 2 is 1.90 bits per heavy atom.